The Morgan fingerprint density at radius 1 is 1.29 bits per heavy atom. The number of aromatic nitrogens is 2. The summed E-state index contributed by atoms with van der Waals surface area (Å²) in [5, 5.41) is 10.5. The molecule has 0 spiro atoms. The Bertz CT molecular complexity index is 565. The van der Waals surface area contributed by atoms with Gasteiger partial charge in [-0.1, -0.05) is 17.7 Å². The van der Waals surface area contributed by atoms with Gasteiger partial charge in [-0.3, -0.25) is 0 Å². The van der Waals surface area contributed by atoms with E-state index in [1.54, 1.807) is 6.33 Å². The highest BCUT2D eigenvalue weighted by Crippen LogP contribution is 2.30. The van der Waals surface area contributed by atoms with E-state index in [2.05, 4.69) is 20.9 Å². The number of H-pyrrole nitrogens is 1. The molecule has 5 heteroatoms. The highest BCUT2D eigenvalue weighted by atomic mass is 35.5. The van der Waals surface area contributed by atoms with Gasteiger partial charge in [-0.25, -0.2) is 4.98 Å². The fourth-order valence-corrected chi connectivity index (χ4v) is 3.20. The summed E-state index contributed by atoms with van der Waals surface area (Å²) in [7, 11) is 0. The van der Waals surface area contributed by atoms with Crippen LogP contribution in [0.4, 0.5) is 5.69 Å². The number of rotatable bonds is 4. The molecule has 2 N–H and O–H groups in total. The van der Waals surface area contributed by atoms with Gasteiger partial charge in [-0.15, -0.1) is 0 Å². The molecule has 0 atom stereocenters. The van der Waals surface area contributed by atoms with Crippen molar-refractivity contribution in [2.45, 2.75) is 44.4 Å². The van der Waals surface area contributed by atoms with E-state index in [4.69, 9.17) is 11.6 Å². The van der Waals surface area contributed by atoms with Gasteiger partial charge in [0.15, 0.2) is 0 Å². The first-order chi connectivity index (χ1) is 10.2. The second-order valence-electron chi connectivity index (χ2n) is 5.65. The minimum absolute atomic E-state index is 0.144. The third-order valence-corrected chi connectivity index (χ3v) is 4.38. The first kappa shape index (κ1) is 14.4. The standard InChI is InChI=1S/C16H20ClN3O/c17-12-2-1-3-15(8-12)20(10-13-9-18-11-19-13)14-4-6-16(21)7-5-14/h1-3,8-9,11,14,16,21H,4-7,10H2,(H,18,19). The van der Waals surface area contributed by atoms with Gasteiger partial charge in [-0.2, -0.15) is 0 Å². The van der Waals surface area contributed by atoms with Crippen molar-refractivity contribution in [3.63, 3.8) is 0 Å². The lowest BCUT2D eigenvalue weighted by Crippen LogP contribution is -2.38. The third-order valence-electron chi connectivity index (χ3n) is 4.14. The number of aliphatic hydroxyl groups is 1. The highest BCUT2D eigenvalue weighted by molar-refractivity contribution is 6.30. The molecule has 3 rings (SSSR count). The normalized spacial score (nSPS) is 22.2. The predicted molar refractivity (Wildman–Crippen MR) is 84.5 cm³/mol. The second kappa shape index (κ2) is 6.50. The van der Waals surface area contributed by atoms with E-state index in [-0.39, 0.29) is 6.10 Å². The first-order valence-electron chi connectivity index (χ1n) is 7.40. The Labute approximate surface area is 129 Å². The summed E-state index contributed by atoms with van der Waals surface area (Å²) in [6.07, 6.45) is 7.15. The largest absolute Gasteiger partial charge is 0.393 e. The monoisotopic (exact) mass is 305 g/mol. The van der Waals surface area contributed by atoms with Gasteiger partial charge in [-0.05, 0) is 43.9 Å². The zero-order valence-corrected chi connectivity index (χ0v) is 12.6. The maximum atomic E-state index is 9.72. The van der Waals surface area contributed by atoms with Crippen LogP contribution in [-0.2, 0) is 6.54 Å². The van der Waals surface area contributed by atoms with Crippen LogP contribution >= 0.6 is 11.6 Å². The molecule has 0 unspecified atom stereocenters. The van der Waals surface area contributed by atoms with Crippen LogP contribution in [0.5, 0.6) is 0 Å². The van der Waals surface area contributed by atoms with Crippen LogP contribution in [0.2, 0.25) is 5.02 Å². The Balaban J connectivity index is 1.83. The summed E-state index contributed by atoms with van der Waals surface area (Å²) in [5.74, 6) is 0. The molecule has 1 fully saturated rings. The zero-order chi connectivity index (χ0) is 14.7. The average molecular weight is 306 g/mol. The smallest absolute Gasteiger partial charge is 0.0922 e. The molecule has 1 saturated carbocycles. The van der Waals surface area contributed by atoms with E-state index < -0.39 is 0 Å². The Kier molecular flexibility index (Phi) is 4.46. The molecule has 0 bridgehead atoms. The van der Waals surface area contributed by atoms with Crippen LogP contribution in [0.3, 0.4) is 0 Å². The van der Waals surface area contributed by atoms with Crippen LogP contribution in [0.25, 0.3) is 0 Å². The molecule has 0 aliphatic heterocycles. The molecule has 2 aromatic rings. The number of nitrogens with one attached hydrogen (secondary N) is 1. The highest BCUT2D eigenvalue weighted by Gasteiger charge is 2.25. The number of nitrogens with zero attached hydrogens (tertiary/aromatic N) is 2. The predicted octanol–water partition coefficient (Wildman–Crippen LogP) is 3.37. The van der Waals surface area contributed by atoms with Gasteiger partial charge < -0.3 is 15.0 Å². The van der Waals surface area contributed by atoms with E-state index in [0.29, 0.717) is 6.04 Å². The molecule has 1 aromatic carbocycles. The lowest BCUT2D eigenvalue weighted by molar-refractivity contribution is 0.121. The summed E-state index contributed by atoms with van der Waals surface area (Å²) in [6.45, 7) is 0.779. The maximum Gasteiger partial charge on any atom is 0.0922 e. The topological polar surface area (TPSA) is 52.1 Å². The number of anilines is 1. The van der Waals surface area contributed by atoms with E-state index in [9.17, 15) is 5.11 Å². The Hall–Kier alpha value is -1.52. The van der Waals surface area contributed by atoms with Crippen molar-refractivity contribution in [3.8, 4) is 0 Å². The van der Waals surface area contributed by atoms with E-state index in [1.807, 2.05) is 24.4 Å². The molecule has 0 radical (unpaired) electrons. The molecule has 112 valence electrons. The zero-order valence-electron chi connectivity index (χ0n) is 11.9. The summed E-state index contributed by atoms with van der Waals surface area (Å²) in [4.78, 5) is 9.63. The van der Waals surface area contributed by atoms with Crippen LogP contribution in [0.15, 0.2) is 36.8 Å². The lowest BCUT2D eigenvalue weighted by Gasteiger charge is -2.37. The van der Waals surface area contributed by atoms with Crippen molar-refractivity contribution in [3.05, 3.63) is 47.5 Å². The summed E-state index contributed by atoms with van der Waals surface area (Å²) >= 11 is 6.15. The molecule has 1 aromatic heterocycles. The van der Waals surface area contributed by atoms with E-state index >= 15 is 0 Å². The fraction of sp³-hybridized carbons (Fsp3) is 0.438. The molecule has 1 aliphatic rings. The van der Waals surface area contributed by atoms with Crippen LogP contribution in [-0.4, -0.2) is 27.2 Å². The number of imidazole rings is 1. The van der Waals surface area contributed by atoms with Crippen molar-refractivity contribution in [1.29, 1.82) is 0 Å². The van der Waals surface area contributed by atoms with Crippen LogP contribution in [0, 0.1) is 0 Å². The lowest BCUT2D eigenvalue weighted by atomic mass is 9.91. The van der Waals surface area contributed by atoms with Crippen molar-refractivity contribution in [2.75, 3.05) is 4.90 Å². The van der Waals surface area contributed by atoms with Crippen molar-refractivity contribution < 1.29 is 5.11 Å². The SMILES string of the molecule is OC1CCC(N(Cc2cnc[nH]2)c2cccc(Cl)c2)CC1. The minimum Gasteiger partial charge on any atom is -0.393 e. The summed E-state index contributed by atoms with van der Waals surface area (Å²) in [5.41, 5.74) is 2.21. The van der Waals surface area contributed by atoms with Crippen molar-refractivity contribution in [2.24, 2.45) is 0 Å². The molecule has 1 aliphatic carbocycles. The van der Waals surface area contributed by atoms with Gasteiger partial charge in [0.25, 0.3) is 0 Å². The number of hydrogen-bond acceptors (Lipinski definition) is 3. The van der Waals surface area contributed by atoms with Crippen molar-refractivity contribution >= 4 is 17.3 Å². The summed E-state index contributed by atoms with van der Waals surface area (Å²) in [6, 6.07) is 8.39. The maximum absolute atomic E-state index is 9.72. The average Bonchev–Trinajstić information content (AvgIpc) is 2.99. The van der Waals surface area contributed by atoms with Crippen LogP contribution in [0.1, 0.15) is 31.4 Å². The molecule has 0 saturated heterocycles. The Morgan fingerprint density at radius 2 is 2.10 bits per heavy atom. The second-order valence-corrected chi connectivity index (χ2v) is 6.08. The first-order valence-corrected chi connectivity index (χ1v) is 7.77. The van der Waals surface area contributed by atoms with Gasteiger partial charge in [0, 0.05) is 22.9 Å². The number of halogens is 1. The summed E-state index contributed by atoms with van der Waals surface area (Å²) < 4.78 is 0. The molecular formula is C16H20ClN3O. The van der Waals surface area contributed by atoms with Gasteiger partial charge in [0.1, 0.15) is 0 Å². The van der Waals surface area contributed by atoms with E-state index in [1.165, 1.54) is 0 Å². The quantitative estimate of drug-likeness (QED) is 0.910. The molecular weight excluding hydrogens is 286 g/mol. The molecule has 1 heterocycles. The van der Waals surface area contributed by atoms with Crippen LogP contribution < -0.4 is 4.90 Å². The molecule has 4 nitrogen and oxygen atoms in total. The third kappa shape index (κ3) is 3.57. The van der Waals surface area contributed by atoms with Gasteiger partial charge >= 0.3 is 0 Å². The number of hydrogen-bond donors (Lipinski definition) is 2. The van der Waals surface area contributed by atoms with Gasteiger partial charge in [0.2, 0.25) is 0 Å². The van der Waals surface area contributed by atoms with Gasteiger partial charge in [0.05, 0.1) is 24.7 Å². The Morgan fingerprint density at radius 3 is 2.76 bits per heavy atom. The van der Waals surface area contributed by atoms with E-state index in [0.717, 1.165) is 48.6 Å². The number of aromatic amines is 1. The molecule has 21 heavy (non-hydrogen) atoms. The number of aliphatic hydroxyl groups excluding tert-OH is 1. The number of benzene rings is 1. The minimum atomic E-state index is -0.144. The van der Waals surface area contributed by atoms with Crippen molar-refractivity contribution in [1.82, 2.24) is 9.97 Å². The molecule has 0 amide bonds. The fourth-order valence-electron chi connectivity index (χ4n) is 3.01.